The monoisotopic (exact) mass is 280 g/mol. The van der Waals surface area contributed by atoms with Gasteiger partial charge in [-0.15, -0.1) is 0 Å². The summed E-state index contributed by atoms with van der Waals surface area (Å²) in [6.45, 7) is 6.91. The van der Waals surface area contributed by atoms with Gasteiger partial charge < -0.3 is 10.1 Å². The van der Waals surface area contributed by atoms with Crippen LogP contribution in [0.25, 0.3) is 0 Å². The Kier molecular flexibility index (Phi) is 4.08. The van der Waals surface area contributed by atoms with Crippen LogP contribution in [-0.2, 0) is 4.74 Å². The molecule has 19 heavy (non-hydrogen) atoms. The van der Waals surface area contributed by atoms with Gasteiger partial charge in [-0.05, 0) is 31.0 Å². The molecule has 0 unspecified atom stereocenters. The van der Waals surface area contributed by atoms with Crippen LogP contribution in [0.2, 0.25) is 5.02 Å². The van der Waals surface area contributed by atoms with E-state index in [-0.39, 0.29) is 0 Å². The maximum absolute atomic E-state index is 6.49. The highest BCUT2D eigenvalue weighted by Gasteiger charge is 2.34. The summed E-state index contributed by atoms with van der Waals surface area (Å²) in [6, 6.07) is 7.23. The predicted molar refractivity (Wildman–Crippen MR) is 77.7 cm³/mol. The van der Waals surface area contributed by atoms with Crippen molar-refractivity contribution in [2.75, 3.05) is 32.8 Å². The molecule has 0 bridgehead atoms. The minimum absolute atomic E-state index is 0.352. The normalized spacial score (nSPS) is 28.7. The maximum Gasteiger partial charge on any atom is 0.0594 e. The Hall–Kier alpha value is -0.610. The van der Waals surface area contributed by atoms with Gasteiger partial charge in [0.05, 0.1) is 13.2 Å². The summed E-state index contributed by atoms with van der Waals surface area (Å²) in [6.07, 6.45) is 1.19. The largest absolute Gasteiger partial charge is 0.379 e. The summed E-state index contributed by atoms with van der Waals surface area (Å²) in [7, 11) is 0. The fourth-order valence-corrected chi connectivity index (χ4v) is 3.46. The van der Waals surface area contributed by atoms with E-state index in [0.29, 0.717) is 12.1 Å². The van der Waals surface area contributed by atoms with E-state index in [2.05, 4.69) is 35.3 Å². The summed E-state index contributed by atoms with van der Waals surface area (Å²) in [5.74, 6) is 0. The lowest BCUT2D eigenvalue weighted by Crippen LogP contribution is -2.45. The highest BCUT2D eigenvalue weighted by Crippen LogP contribution is 2.34. The molecule has 0 aliphatic carbocycles. The third-order valence-electron chi connectivity index (χ3n) is 4.26. The van der Waals surface area contributed by atoms with Crippen LogP contribution in [0.4, 0.5) is 0 Å². The number of ether oxygens (including phenoxy) is 1. The zero-order valence-corrected chi connectivity index (χ0v) is 12.1. The Balaban J connectivity index is 1.84. The molecule has 0 aromatic heterocycles. The average Bonchev–Trinajstić information content (AvgIpc) is 2.92. The lowest BCUT2D eigenvalue weighted by Gasteiger charge is -2.35. The Morgan fingerprint density at radius 2 is 2.11 bits per heavy atom. The number of hydrogen-bond donors (Lipinski definition) is 1. The van der Waals surface area contributed by atoms with Gasteiger partial charge in [-0.2, -0.15) is 0 Å². The molecule has 2 heterocycles. The van der Waals surface area contributed by atoms with E-state index in [4.69, 9.17) is 16.3 Å². The molecule has 1 aromatic rings. The van der Waals surface area contributed by atoms with Crippen molar-refractivity contribution in [3.05, 3.63) is 34.3 Å². The molecule has 1 aromatic carbocycles. The van der Waals surface area contributed by atoms with Gasteiger partial charge in [0.1, 0.15) is 0 Å². The molecule has 2 aliphatic heterocycles. The van der Waals surface area contributed by atoms with Gasteiger partial charge >= 0.3 is 0 Å². The highest BCUT2D eigenvalue weighted by atomic mass is 35.5. The van der Waals surface area contributed by atoms with Crippen LogP contribution >= 0.6 is 11.6 Å². The van der Waals surface area contributed by atoms with Gasteiger partial charge in [0, 0.05) is 30.2 Å². The van der Waals surface area contributed by atoms with Crippen LogP contribution in [-0.4, -0.2) is 43.8 Å². The van der Waals surface area contributed by atoms with Crippen molar-refractivity contribution in [1.82, 2.24) is 10.2 Å². The summed E-state index contributed by atoms with van der Waals surface area (Å²) >= 11 is 6.49. The van der Waals surface area contributed by atoms with Crippen molar-refractivity contribution < 1.29 is 4.74 Å². The fourth-order valence-electron chi connectivity index (χ4n) is 3.22. The van der Waals surface area contributed by atoms with Gasteiger partial charge in [0.15, 0.2) is 0 Å². The maximum atomic E-state index is 6.49. The molecule has 2 atom stereocenters. The minimum atomic E-state index is 0.352. The number of halogens is 1. The Bertz CT molecular complexity index is 446. The number of aryl methyl sites for hydroxylation is 1. The smallest absolute Gasteiger partial charge is 0.0594 e. The second-order valence-electron chi connectivity index (χ2n) is 5.41. The van der Waals surface area contributed by atoms with Crippen LogP contribution in [0.15, 0.2) is 18.2 Å². The van der Waals surface area contributed by atoms with Gasteiger partial charge in [-0.3, -0.25) is 4.90 Å². The van der Waals surface area contributed by atoms with E-state index in [0.717, 1.165) is 43.4 Å². The zero-order chi connectivity index (χ0) is 13.2. The number of rotatable bonds is 2. The van der Waals surface area contributed by atoms with Crippen molar-refractivity contribution in [3.63, 3.8) is 0 Å². The first-order chi connectivity index (χ1) is 9.27. The lowest BCUT2D eigenvalue weighted by molar-refractivity contribution is 0.0139. The third kappa shape index (κ3) is 2.65. The molecular formula is C15H21ClN2O. The molecule has 0 spiro atoms. The molecule has 104 valence electrons. The molecule has 3 nitrogen and oxygen atoms in total. The standard InChI is InChI=1S/C15H21ClN2O/c1-11-3-2-4-12(14(11)16)15-13(5-6-17-15)18-7-9-19-10-8-18/h2-4,13,15,17H,5-10H2,1H3/t13-,15-/m1/s1. The molecule has 2 fully saturated rings. The minimum Gasteiger partial charge on any atom is -0.379 e. The van der Waals surface area contributed by atoms with Gasteiger partial charge in [0.2, 0.25) is 0 Å². The topological polar surface area (TPSA) is 24.5 Å². The zero-order valence-electron chi connectivity index (χ0n) is 11.4. The first-order valence-electron chi connectivity index (χ1n) is 7.07. The number of morpholine rings is 1. The number of hydrogen-bond acceptors (Lipinski definition) is 3. The predicted octanol–water partition coefficient (Wildman–Crippen LogP) is 2.38. The van der Waals surface area contributed by atoms with Crippen molar-refractivity contribution in [2.24, 2.45) is 0 Å². The van der Waals surface area contributed by atoms with Crippen molar-refractivity contribution in [2.45, 2.75) is 25.4 Å². The van der Waals surface area contributed by atoms with Crippen LogP contribution < -0.4 is 5.32 Å². The molecule has 0 saturated carbocycles. The van der Waals surface area contributed by atoms with Gasteiger partial charge in [0.25, 0.3) is 0 Å². The fraction of sp³-hybridized carbons (Fsp3) is 0.600. The molecule has 2 aliphatic rings. The Morgan fingerprint density at radius 1 is 1.32 bits per heavy atom. The van der Waals surface area contributed by atoms with E-state index in [1.165, 1.54) is 12.0 Å². The number of nitrogens with one attached hydrogen (secondary N) is 1. The molecule has 2 saturated heterocycles. The van der Waals surface area contributed by atoms with Crippen molar-refractivity contribution >= 4 is 11.6 Å². The summed E-state index contributed by atoms with van der Waals surface area (Å²) < 4.78 is 5.45. The molecule has 1 N–H and O–H groups in total. The quantitative estimate of drug-likeness (QED) is 0.900. The molecule has 0 amide bonds. The molecule has 4 heteroatoms. The van der Waals surface area contributed by atoms with Crippen molar-refractivity contribution in [1.29, 1.82) is 0 Å². The average molecular weight is 281 g/mol. The van der Waals surface area contributed by atoms with Crippen LogP contribution in [0.5, 0.6) is 0 Å². The summed E-state index contributed by atoms with van der Waals surface area (Å²) in [4.78, 5) is 2.55. The molecule has 3 rings (SSSR count). The molecule has 0 radical (unpaired) electrons. The first kappa shape index (κ1) is 13.4. The van der Waals surface area contributed by atoms with E-state index < -0.39 is 0 Å². The van der Waals surface area contributed by atoms with Crippen molar-refractivity contribution in [3.8, 4) is 0 Å². The van der Waals surface area contributed by atoms with E-state index >= 15 is 0 Å². The lowest BCUT2D eigenvalue weighted by atomic mass is 9.97. The van der Waals surface area contributed by atoms with Gasteiger partial charge in [-0.1, -0.05) is 29.8 Å². The van der Waals surface area contributed by atoms with E-state index in [1.807, 2.05) is 0 Å². The first-order valence-corrected chi connectivity index (χ1v) is 7.45. The Labute approximate surface area is 119 Å². The highest BCUT2D eigenvalue weighted by molar-refractivity contribution is 6.32. The van der Waals surface area contributed by atoms with E-state index in [9.17, 15) is 0 Å². The number of nitrogens with zero attached hydrogens (tertiary/aromatic N) is 1. The third-order valence-corrected chi connectivity index (χ3v) is 4.78. The van der Waals surface area contributed by atoms with Crippen LogP contribution in [0, 0.1) is 6.92 Å². The van der Waals surface area contributed by atoms with Crippen LogP contribution in [0.1, 0.15) is 23.6 Å². The van der Waals surface area contributed by atoms with E-state index in [1.54, 1.807) is 0 Å². The molecular weight excluding hydrogens is 260 g/mol. The second-order valence-corrected chi connectivity index (χ2v) is 5.79. The van der Waals surface area contributed by atoms with Crippen LogP contribution in [0.3, 0.4) is 0 Å². The second kappa shape index (κ2) is 5.80. The number of benzene rings is 1. The van der Waals surface area contributed by atoms with Gasteiger partial charge in [-0.25, -0.2) is 0 Å². The Morgan fingerprint density at radius 3 is 2.89 bits per heavy atom. The summed E-state index contributed by atoms with van der Waals surface area (Å²) in [5, 5.41) is 4.54. The summed E-state index contributed by atoms with van der Waals surface area (Å²) in [5.41, 5.74) is 2.41. The SMILES string of the molecule is Cc1cccc([C@H]2NCC[C@H]2N2CCOCC2)c1Cl.